The van der Waals surface area contributed by atoms with Crippen molar-refractivity contribution in [2.75, 3.05) is 32.1 Å². The zero-order chi connectivity index (χ0) is 17.3. The molecule has 24 heavy (non-hydrogen) atoms. The van der Waals surface area contributed by atoms with Gasteiger partial charge in [-0.25, -0.2) is 4.98 Å². The van der Waals surface area contributed by atoms with Crippen LogP contribution in [0.5, 0.6) is 0 Å². The summed E-state index contributed by atoms with van der Waals surface area (Å²) in [4.78, 5) is 17.6. The van der Waals surface area contributed by atoms with Gasteiger partial charge in [0, 0.05) is 38.4 Å². The van der Waals surface area contributed by atoms with Crippen molar-refractivity contribution in [2.45, 2.75) is 25.1 Å². The monoisotopic (exact) mass is 343 g/mol. The number of carbonyl (C=O) groups is 1. The first kappa shape index (κ1) is 17.0. The second-order valence-corrected chi connectivity index (χ2v) is 6.41. The fourth-order valence-electron chi connectivity index (χ4n) is 3.24. The summed E-state index contributed by atoms with van der Waals surface area (Å²) in [6, 6.07) is 2.36. The average molecular weight is 343 g/mol. The lowest BCUT2D eigenvalue weighted by Gasteiger charge is -2.20. The number of rotatable bonds is 5. The maximum absolute atomic E-state index is 12.6. The van der Waals surface area contributed by atoms with Crippen LogP contribution in [0.2, 0.25) is 0 Å². The number of alkyl halides is 3. The van der Waals surface area contributed by atoms with E-state index in [0.29, 0.717) is 30.7 Å². The second-order valence-electron chi connectivity index (χ2n) is 6.41. The van der Waals surface area contributed by atoms with E-state index in [2.05, 4.69) is 10.3 Å². The molecule has 1 aliphatic heterocycles. The van der Waals surface area contributed by atoms with E-state index in [9.17, 15) is 18.0 Å². The highest BCUT2D eigenvalue weighted by Crippen LogP contribution is 2.42. The van der Waals surface area contributed by atoms with Gasteiger partial charge in [-0.1, -0.05) is 0 Å². The number of amides is 1. The molecule has 5 nitrogen and oxygen atoms in total. The predicted octanol–water partition coefficient (Wildman–Crippen LogP) is 2.40. The largest absolute Gasteiger partial charge is 0.417 e. The Morgan fingerprint density at radius 1 is 1.38 bits per heavy atom. The first-order chi connectivity index (χ1) is 11.4. The van der Waals surface area contributed by atoms with Crippen molar-refractivity contribution in [3.63, 3.8) is 0 Å². The van der Waals surface area contributed by atoms with Gasteiger partial charge < -0.3 is 15.0 Å². The third-order valence-corrected chi connectivity index (χ3v) is 4.64. The minimum atomic E-state index is -4.39. The van der Waals surface area contributed by atoms with Crippen molar-refractivity contribution in [1.82, 2.24) is 9.88 Å². The Morgan fingerprint density at radius 3 is 2.67 bits per heavy atom. The number of aromatic nitrogens is 1. The van der Waals surface area contributed by atoms with Crippen molar-refractivity contribution < 1.29 is 22.7 Å². The summed E-state index contributed by atoms with van der Waals surface area (Å²) in [5.41, 5.74) is -0.768. The van der Waals surface area contributed by atoms with Crippen LogP contribution in [0.3, 0.4) is 0 Å². The maximum Gasteiger partial charge on any atom is 0.417 e. The molecule has 3 rings (SSSR count). The van der Waals surface area contributed by atoms with Crippen LogP contribution in [0, 0.1) is 11.8 Å². The van der Waals surface area contributed by atoms with E-state index in [1.807, 2.05) is 0 Å². The number of halogens is 3. The normalized spacial score (nSPS) is 24.2. The Balaban J connectivity index is 1.67. The number of pyridine rings is 1. The van der Waals surface area contributed by atoms with E-state index < -0.39 is 11.7 Å². The first-order valence-electron chi connectivity index (χ1n) is 7.95. The van der Waals surface area contributed by atoms with Crippen LogP contribution in [0.15, 0.2) is 18.3 Å². The minimum absolute atomic E-state index is 0.00235. The third-order valence-electron chi connectivity index (χ3n) is 4.64. The van der Waals surface area contributed by atoms with Gasteiger partial charge in [-0.15, -0.1) is 0 Å². The molecular formula is C16H20F3N3O2. The highest BCUT2D eigenvalue weighted by atomic mass is 19.4. The zero-order valence-corrected chi connectivity index (χ0v) is 13.3. The zero-order valence-electron chi connectivity index (χ0n) is 13.3. The van der Waals surface area contributed by atoms with Crippen molar-refractivity contribution in [2.24, 2.45) is 11.8 Å². The van der Waals surface area contributed by atoms with E-state index in [4.69, 9.17) is 4.74 Å². The number of carbonyl (C=O) groups excluding carboxylic acids is 1. The Bertz CT molecular complexity index is 587. The molecule has 1 N–H and O–H groups in total. The molecule has 0 radical (unpaired) electrons. The van der Waals surface area contributed by atoms with Crippen LogP contribution in [0.1, 0.15) is 18.4 Å². The summed E-state index contributed by atoms with van der Waals surface area (Å²) >= 11 is 0. The van der Waals surface area contributed by atoms with Gasteiger partial charge in [0.2, 0.25) is 5.91 Å². The van der Waals surface area contributed by atoms with Crippen LogP contribution in [0.25, 0.3) is 0 Å². The molecule has 8 heteroatoms. The van der Waals surface area contributed by atoms with E-state index in [1.165, 1.54) is 13.2 Å². The fourth-order valence-corrected chi connectivity index (χ4v) is 3.24. The van der Waals surface area contributed by atoms with Crippen LogP contribution in [-0.2, 0) is 15.7 Å². The Morgan fingerprint density at radius 2 is 2.12 bits per heavy atom. The molecule has 1 aliphatic carbocycles. The van der Waals surface area contributed by atoms with Crippen molar-refractivity contribution in [1.29, 1.82) is 0 Å². The average Bonchev–Trinajstić information content (AvgIpc) is 3.28. The Kier molecular flexibility index (Phi) is 4.67. The SMILES string of the molecule is COCC(=O)N1C[C@@H](Nc2ccc(C(F)(F)F)cn2)[C@H](C2CC2)C1. The number of anilines is 1. The third kappa shape index (κ3) is 3.80. The lowest BCUT2D eigenvalue weighted by atomic mass is 9.98. The molecule has 2 aliphatic rings. The highest BCUT2D eigenvalue weighted by Gasteiger charge is 2.43. The van der Waals surface area contributed by atoms with Gasteiger partial charge in [-0.2, -0.15) is 13.2 Å². The summed E-state index contributed by atoms with van der Waals surface area (Å²) < 4.78 is 42.7. The first-order valence-corrected chi connectivity index (χ1v) is 7.95. The molecule has 132 valence electrons. The quantitative estimate of drug-likeness (QED) is 0.892. The summed E-state index contributed by atoms with van der Waals surface area (Å²) in [7, 11) is 1.48. The summed E-state index contributed by atoms with van der Waals surface area (Å²) in [5.74, 6) is 1.21. The van der Waals surface area contributed by atoms with Gasteiger partial charge in [0.05, 0.1) is 5.56 Å². The van der Waals surface area contributed by atoms with Gasteiger partial charge in [0.15, 0.2) is 0 Å². The van der Waals surface area contributed by atoms with Crippen molar-refractivity contribution in [3.05, 3.63) is 23.9 Å². The molecule has 1 aromatic rings. The van der Waals surface area contributed by atoms with Gasteiger partial charge >= 0.3 is 6.18 Å². The number of ether oxygens (including phenoxy) is 1. The number of nitrogens with one attached hydrogen (secondary N) is 1. The molecule has 1 amide bonds. The number of methoxy groups -OCH3 is 1. The van der Waals surface area contributed by atoms with Crippen LogP contribution in [-0.4, -0.2) is 48.6 Å². The Labute approximate surface area is 138 Å². The topological polar surface area (TPSA) is 54.5 Å². The van der Waals surface area contributed by atoms with E-state index in [-0.39, 0.29) is 18.6 Å². The molecule has 0 bridgehead atoms. The number of hydrogen-bond donors (Lipinski definition) is 1. The molecule has 2 fully saturated rings. The molecule has 2 atom stereocenters. The maximum atomic E-state index is 12.6. The van der Waals surface area contributed by atoms with Gasteiger partial charge in [-0.05, 0) is 30.9 Å². The molecule has 0 unspecified atom stereocenters. The second kappa shape index (κ2) is 6.58. The number of nitrogens with zero attached hydrogens (tertiary/aromatic N) is 2. The van der Waals surface area contributed by atoms with Gasteiger partial charge in [0.25, 0.3) is 0 Å². The molecule has 2 heterocycles. The van der Waals surface area contributed by atoms with Crippen LogP contribution >= 0.6 is 0 Å². The number of likely N-dealkylation sites (tertiary alicyclic amines) is 1. The van der Waals surface area contributed by atoms with E-state index >= 15 is 0 Å². The molecule has 0 spiro atoms. The van der Waals surface area contributed by atoms with Crippen LogP contribution < -0.4 is 5.32 Å². The summed E-state index contributed by atoms with van der Waals surface area (Å²) in [5, 5.41) is 3.20. The minimum Gasteiger partial charge on any atom is -0.375 e. The summed E-state index contributed by atoms with van der Waals surface area (Å²) in [6.45, 7) is 1.22. The van der Waals surface area contributed by atoms with E-state index in [0.717, 1.165) is 25.1 Å². The molecule has 1 aromatic heterocycles. The number of hydrogen-bond acceptors (Lipinski definition) is 4. The molecule has 0 aromatic carbocycles. The van der Waals surface area contributed by atoms with Gasteiger partial charge in [-0.3, -0.25) is 4.79 Å². The van der Waals surface area contributed by atoms with Crippen molar-refractivity contribution >= 4 is 11.7 Å². The Hall–Kier alpha value is -1.83. The molecular weight excluding hydrogens is 323 g/mol. The standard InChI is InChI=1S/C16H20F3N3O2/c1-24-9-15(23)22-7-12(10-2-3-10)13(8-22)21-14-5-4-11(6-20-14)16(17,18)19/h4-6,10,12-13H,2-3,7-9H2,1H3,(H,20,21)/t12-,13+/m0/s1. The molecule has 1 saturated heterocycles. The van der Waals surface area contributed by atoms with E-state index in [1.54, 1.807) is 4.90 Å². The lowest BCUT2D eigenvalue weighted by molar-refractivity contribution is -0.138. The smallest absolute Gasteiger partial charge is 0.375 e. The predicted molar refractivity (Wildman–Crippen MR) is 81.3 cm³/mol. The lowest BCUT2D eigenvalue weighted by Crippen LogP contribution is -2.34. The van der Waals surface area contributed by atoms with Gasteiger partial charge in [0.1, 0.15) is 12.4 Å². The molecule has 1 saturated carbocycles. The van der Waals surface area contributed by atoms with Crippen LogP contribution in [0.4, 0.5) is 19.0 Å². The van der Waals surface area contributed by atoms with Crippen molar-refractivity contribution in [3.8, 4) is 0 Å². The highest BCUT2D eigenvalue weighted by molar-refractivity contribution is 5.78. The fraction of sp³-hybridized carbons (Fsp3) is 0.625. The summed E-state index contributed by atoms with van der Waals surface area (Å²) in [6.07, 6.45) is -1.29.